The maximum absolute atomic E-state index is 10.2. The Morgan fingerprint density at radius 1 is 1.50 bits per heavy atom. The summed E-state index contributed by atoms with van der Waals surface area (Å²) in [4.78, 5) is 10.2. The molecule has 0 saturated carbocycles. The van der Waals surface area contributed by atoms with Crippen molar-refractivity contribution in [2.45, 2.75) is 31.7 Å². The lowest BCUT2D eigenvalue weighted by atomic mass is 10.1. The molecule has 6 heteroatoms. The van der Waals surface area contributed by atoms with Gasteiger partial charge in [0, 0.05) is 19.0 Å². The summed E-state index contributed by atoms with van der Waals surface area (Å²) in [6, 6.07) is -0.0835. The van der Waals surface area contributed by atoms with Gasteiger partial charge in [0.05, 0.1) is 0 Å². The van der Waals surface area contributed by atoms with Crippen LogP contribution in [0.5, 0.6) is 0 Å². The molecule has 0 spiro atoms. The first-order chi connectivity index (χ1) is 6.52. The molecule has 0 bridgehead atoms. The summed E-state index contributed by atoms with van der Waals surface area (Å²) in [6.07, 6.45) is 2.14. The highest BCUT2D eigenvalue weighted by Gasteiger charge is 2.05. The third-order valence-corrected chi connectivity index (χ3v) is 1.80. The molecule has 6 nitrogen and oxygen atoms in total. The summed E-state index contributed by atoms with van der Waals surface area (Å²) in [5.41, 5.74) is 10.7. The minimum atomic E-state index is -0.817. The average Bonchev–Trinajstić information content (AvgIpc) is 2.08. The number of nitrogens with one attached hydrogen (secondary N) is 2. The molecule has 1 unspecified atom stereocenters. The van der Waals surface area contributed by atoms with E-state index in [0.717, 1.165) is 12.8 Å². The molecule has 0 aliphatic heterocycles. The van der Waals surface area contributed by atoms with Gasteiger partial charge in [0.2, 0.25) is 0 Å². The highest BCUT2D eigenvalue weighted by molar-refractivity contribution is 5.74. The molecule has 7 N–H and O–H groups in total. The Morgan fingerprint density at radius 3 is 2.64 bits per heavy atom. The normalized spacial score (nSPS) is 12.1. The zero-order valence-corrected chi connectivity index (χ0v) is 8.12. The number of guanidine groups is 1. The van der Waals surface area contributed by atoms with Crippen LogP contribution < -0.4 is 16.8 Å². The van der Waals surface area contributed by atoms with E-state index in [2.05, 4.69) is 5.32 Å². The SMILES string of the molecule is N=C(N)NCCCC(N)CCC(=O)O. The van der Waals surface area contributed by atoms with Gasteiger partial charge in [0.25, 0.3) is 0 Å². The standard InChI is InChI=1S/C8H18N4O2/c9-6(3-4-7(13)14)2-1-5-12-8(10)11/h6H,1-5,9H2,(H,13,14)(H4,10,11,12). The minimum Gasteiger partial charge on any atom is -0.481 e. The Kier molecular flexibility index (Phi) is 6.47. The van der Waals surface area contributed by atoms with E-state index < -0.39 is 5.97 Å². The second-order valence-corrected chi connectivity index (χ2v) is 3.18. The first-order valence-corrected chi connectivity index (χ1v) is 4.57. The molecule has 0 saturated heterocycles. The van der Waals surface area contributed by atoms with Gasteiger partial charge in [-0.25, -0.2) is 0 Å². The molecular weight excluding hydrogens is 184 g/mol. The first kappa shape index (κ1) is 12.7. The van der Waals surface area contributed by atoms with Crippen LogP contribution in [0.2, 0.25) is 0 Å². The van der Waals surface area contributed by atoms with Crippen molar-refractivity contribution in [3.63, 3.8) is 0 Å². The number of aliphatic carboxylic acids is 1. The summed E-state index contributed by atoms with van der Waals surface area (Å²) in [5, 5.41) is 17.9. The maximum Gasteiger partial charge on any atom is 0.303 e. The van der Waals surface area contributed by atoms with Crippen LogP contribution in [0.1, 0.15) is 25.7 Å². The van der Waals surface area contributed by atoms with E-state index in [1.165, 1.54) is 0 Å². The molecule has 0 aliphatic rings. The van der Waals surface area contributed by atoms with Crippen LogP contribution in [0.25, 0.3) is 0 Å². The predicted molar refractivity (Wildman–Crippen MR) is 54.0 cm³/mol. The number of carboxylic acids is 1. The Hall–Kier alpha value is -1.30. The van der Waals surface area contributed by atoms with E-state index in [1.807, 2.05) is 0 Å². The molecule has 0 radical (unpaired) electrons. The average molecular weight is 202 g/mol. The second-order valence-electron chi connectivity index (χ2n) is 3.18. The first-order valence-electron chi connectivity index (χ1n) is 4.57. The van der Waals surface area contributed by atoms with Crippen LogP contribution in [-0.2, 0) is 4.79 Å². The smallest absolute Gasteiger partial charge is 0.303 e. The van der Waals surface area contributed by atoms with Crippen LogP contribution >= 0.6 is 0 Å². The van der Waals surface area contributed by atoms with Gasteiger partial charge in [-0.15, -0.1) is 0 Å². The van der Waals surface area contributed by atoms with E-state index in [4.69, 9.17) is 22.0 Å². The molecule has 82 valence electrons. The van der Waals surface area contributed by atoms with Gasteiger partial charge in [-0.1, -0.05) is 0 Å². The van der Waals surface area contributed by atoms with Crippen molar-refractivity contribution < 1.29 is 9.90 Å². The number of hydrogen-bond acceptors (Lipinski definition) is 3. The van der Waals surface area contributed by atoms with Crippen LogP contribution in [0.4, 0.5) is 0 Å². The van der Waals surface area contributed by atoms with E-state index in [1.54, 1.807) is 0 Å². The number of nitrogens with two attached hydrogens (primary N) is 2. The van der Waals surface area contributed by atoms with Crippen LogP contribution in [-0.4, -0.2) is 29.6 Å². The molecule has 0 aromatic carbocycles. The Bertz CT molecular complexity index is 196. The Balaban J connectivity index is 3.30. The van der Waals surface area contributed by atoms with Crippen LogP contribution in [0.15, 0.2) is 0 Å². The third-order valence-electron chi connectivity index (χ3n) is 1.80. The zero-order valence-electron chi connectivity index (χ0n) is 8.12. The van der Waals surface area contributed by atoms with E-state index >= 15 is 0 Å². The van der Waals surface area contributed by atoms with Crippen molar-refractivity contribution in [3.05, 3.63) is 0 Å². The summed E-state index contributed by atoms with van der Waals surface area (Å²) in [7, 11) is 0. The van der Waals surface area contributed by atoms with Crippen molar-refractivity contribution >= 4 is 11.9 Å². The lowest BCUT2D eigenvalue weighted by Gasteiger charge is -2.10. The summed E-state index contributed by atoms with van der Waals surface area (Å²) < 4.78 is 0. The number of carbonyl (C=O) groups is 1. The van der Waals surface area contributed by atoms with Gasteiger partial charge in [-0.05, 0) is 19.3 Å². The number of carboxylic acid groups (broad SMARTS) is 1. The maximum atomic E-state index is 10.2. The van der Waals surface area contributed by atoms with E-state index in [-0.39, 0.29) is 18.4 Å². The molecule has 0 rings (SSSR count). The topological polar surface area (TPSA) is 125 Å². The lowest BCUT2D eigenvalue weighted by molar-refractivity contribution is -0.137. The second kappa shape index (κ2) is 7.14. The minimum absolute atomic E-state index is 0.0518. The molecule has 0 aliphatic carbocycles. The number of hydrogen-bond donors (Lipinski definition) is 5. The molecule has 0 aromatic heterocycles. The van der Waals surface area contributed by atoms with Crippen molar-refractivity contribution in [3.8, 4) is 0 Å². The largest absolute Gasteiger partial charge is 0.481 e. The summed E-state index contributed by atoms with van der Waals surface area (Å²) in [5.74, 6) is -0.869. The molecule has 0 amide bonds. The van der Waals surface area contributed by atoms with Crippen molar-refractivity contribution in [1.29, 1.82) is 5.41 Å². The lowest BCUT2D eigenvalue weighted by Crippen LogP contribution is -2.32. The van der Waals surface area contributed by atoms with Gasteiger partial charge in [0.15, 0.2) is 5.96 Å². The van der Waals surface area contributed by atoms with Crippen molar-refractivity contribution in [2.75, 3.05) is 6.54 Å². The fourth-order valence-corrected chi connectivity index (χ4v) is 1.04. The monoisotopic (exact) mass is 202 g/mol. The van der Waals surface area contributed by atoms with Gasteiger partial charge in [0.1, 0.15) is 0 Å². The fraction of sp³-hybridized carbons (Fsp3) is 0.750. The van der Waals surface area contributed by atoms with E-state index in [9.17, 15) is 4.79 Å². The van der Waals surface area contributed by atoms with Gasteiger partial charge < -0.3 is 21.9 Å². The van der Waals surface area contributed by atoms with Crippen molar-refractivity contribution in [2.24, 2.45) is 11.5 Å². The molecule has 0 heterocycles. The molecule has 1 atom stereocenters. The summed E-state index contributed by atoms with van der Waals surface area (Å²) in [6.45, 7) is 0.607. The Labute approximate surface area is 83.2 Å². The van der Waals surface area contributed by atoms with Gasteiger partial charge in [-0.2, -0.15) is 0 Å². The molecular formula is C8H18N4O2. The van der Waals surface area contributed by atoms with E-state index in [0.29, 0.717) is 13.0 Å². The molecule has 0 fully saturated rings. The Morgan fingerprint density at radius 2 is 2.14 bits per heavy atom. The molecule has 0 aromatic rings. The van der Waals surface area contributed by atoms with Gasteiger partial charge >= 0.3 is 5.97 Å². The quantitative estimate of drug-likeness (QED) is 0.215. The highest BCUT2D eigenvalue weighted by Crippen LogP contribution is 2.01. The van der Waals surface area contributed by atoms with Crippen LogP contribution in [0.3, 0.4) is 0 Å². The predicted octanol–water partition coefficient (Wildman–Crippen LogP) is -0.558. The fourth-order valence-electron chi connectivity index (χ4n) is 1.04. The highest BCUT2D eigenvalue weighted by atomic mass is 16.4. The third kappa shape index (κ3) is 8.79. The van der Waals surface area contributed by atoms with Crippen LogP contribution in [0, 0.1) is 5.41 Å². The van der Waals surface area contributed by atoms with Gasteiger partial charge in [-0.3, -0.25) is 10.2 Å². The molecule has 14 heavy (non-hydrogen) atoms. The number of rotatable bonds is 7. The zero-order chi connectivity index (χ0) is 11.0. The van der Waals surface area contributed by atoms with Crippen molar-refractivity contribution in [1.82, 2.24) is 5.32 Å². The summed E-state index contributed by atoms with van der Waals surface area (Å²) >= 11 is 0.